The van der Waals surface area contributed by atoms with Crippen LogP contribution in [-0.2, 0) is 9.84 Å². The number of nitrogens with one attached hydrogen (secondary N) is 1. The molecule has 2 rings (SSSR count). The summed E-state index contributed by atoms with van der Waals surface area (Å²) in [6.07, 6.45) is 5.30. The van der Waals surface area contributed by atoms with Crippen LogP contribution in [0, 0.1) is 0 Å². The smallest absolute Gasteiger partial charge is 0.154 e. The second-order valence-corrected chi connectivity index (χ2v) is 7.40. The van der Waals surface area contributed by atoms with Crippen molar-refractivity contribution in [1.82, 2.24) is 5.32 Å². The van der Waals surface area contributed by atoms with Gasteiger partial charge in [0, 0.05) is 12.6 Å². The first-order valence-electron chi connectivity index (χ1n) is 6.22. The minimum atomic E-state index is -2.85. The van der Waals surface area contributed by atoms with Crippen molar-refractivity contribution in [3.63, 3.8) is 0 Å². The number of hydrogen-bond acceptors (Lipinski definition) is 4. The molecule has 4 nitrogen and oxygen atoms in total. The van der Waals surface area contributed by atoms with Crippen LogP contribution in [0.1, 0.15) is 38.5 Å². The van der Waals surface area contributed by atoms with Crippen molar-refractivity contribution in [2.75, 3.05) is 12.3 Å². The summed E-state index contributed by atoms with van der Waals surface area (Å²) >= 11 is 0. The third-order valence-corrected chi connectivity index (χ3v) is 6.08. The van der Waals surface area contributed by atoms with Crippen molar-refractivity contribution < 1.29 is 13.5 Å². The molecule has 0 aromatic rings. The molecule has 1 saturated heterocycles. The normalized spacial score (nSPS) is 38.7. The molecule has 1 saturated carbocycles. The number of sulfone groups is 1. The van der Waals surface area contributed by atoms with E-state index in [1.54, 1.807) is 0 Å². The van der Waals surface area contributed by atoms with Gasteiger partial charge in [0.2, 0.25) is 0 Å². The van der Waals surface area contributed by atoms with E-state index in [0.29, 0.717) is 12.3 Å². The zero-order valence-electron chi connectivity index (χ0n) is 9.56. The van der Waals surface area contributed by atoms with E-state index < -0.39 is 9.84 Å². The fourth-order valence-corrected chi connectivity index (χ4v) is 4.50. The van der Waals surface area contributed by atoms with Gasteiger partial charge in [-0.15, -0.1) is 0 Å². The standard InChI is InChI=1S/C11H21NO3S/c13-11-6-2-1-5-10(11)12-8-9-4-3-7-16(9,14)15/h9-13H,1-8H2/t9?,10-,11-/m0/s1. The molecule has 1 unspecified atom stereocenters. The maximum absolute atomic E-state index is 11.6. The lowest BCUT2D eigenvalue weighted by molar-refractivity contribution is 0.0912. The van der Waals surface area contributed by atoms with Gasteiger partial charge in [-0.25, -0.2) is 8.42 Å². The Balaban J connectivity index is 1.82. The summed E-state index contributed by atoms with van der Waals surface area (Å²) in [5.41, 5.74) is 0. The van der Waals surface area contributed by atoms with Crippen LogP contribution in [0.25, 0.3) is 0 Å². The quantitative estimate of drug-likeness (QED) is 0.760. The van der Waals surface area contributed by atoms with E-state index in [1.807, 2.05) is 0 Å². The van der Waals surface area contributed by atoms with Crippen molar-refractivity contribution in [3.8, 4) is 0 Å². The van der Waals surface area contributed by atoms with Gasteiger partial charge >= 0.3 is 0 Å². The minimum Gasteiger partial charge on any atom is -0.392 e. The first kappa shape index (κ1) is 12.3. The zero-order chi connectivity index (χ0) is 11.6. The molecule has 1 heterocycles. The Bertz CT molecular complexity index is 328. The molecule has 16 heavy (non-hydrogen) atoms. The number of aliphatic hydroxyl groups is 1. The van der Waals surface area contributed by atoms with Crippen LogP contribution in [0.2, 0.25) is 0 Å². The lowest BCUT2D eigenvalue weighted by Gasteiger charge is -2.29. The van der Waals surface area contributed by atoms with Gasteiger partial charge in [0.15, 0.2) is 9.84 Å². The highest BCUT2D eigenvalue weighted by Crippen LogP contribution is 2.21. The van der Waals surface area contributed by atoms with Gasteiger partial charge < -0.3 is 10.4 Å². The minimum absolute atomic E-state index is 0.101. The van der Waals surface area contributed by atoms with E-state index in [4.69, 9.17) is 0 Å². The summed E-state index contributed by atoms with van der Waals surface area (Å²) in [6.45, 7) is 0.518. The molecule has 2 fully saturated rings. The first-order chi connectivity index (χ1) is 7.59. The van der Waals surface area contributed by atoms with E-state index in [-0.39, 0.29) is 17.4 Å². The number of rotatable bonds is 3. The maximum atomic E-state index is 11.6. The first-order valence-corrected chi connectivity index (χ1v) is 7.94. The van der Waals surface area contributed by atoms with Crippen molar-refractivity contribution in [2.45, 2.75) is 55.9 Å². The Hall–Kier alpha value is -0.130. The summed E-state index contributed by atoms with van der Waals surface area (Å²) in [5, 5.41) is 12.8. The Labute approximate surface area is 97.3 Å². The summed E-state index contributed by atoms with van der Waals surface area (Å²) in [6, 6.07) is 0.101. The number of aliphatic hydroxyl groups excluding tert-OH is 1. The molecule has 2 N–H and O–H groups in total. The molecule has 1 aliphatic carbocycles. The summed E-state index contributed by atoms with van der Waals surface area (Å²) < 4.78 is 23.2. The monoisotopic (exact) mass is 247 g/mol. The Kier molecular flexibility index (Phi) is 3.87. The van der Waals surface area contributed by atoms with E-state index >= 15 is 0 Å². The van der Waals surface area contributed by atoms with Crippen LogP contribution in [0.4, 0.5) is 0 Å². The molecule has 1 aliphatic heterocycles. The average molecular weight is 247 g/mol. The van der Waals surface area contributed by atoms with Gasteiger partial charge in [0.05, 0.1) is 17.1 Å². The lowest BCUT2D eigenvalue weighted by Crippen LogP contribution is -2.45. The van der Waals surface area contributed by atoms with Crippen molar-refractivity contribution in [1.29, 1.82) is 0 Å². The number of hydrogen-bond donors (Lipinski definition) is 2. The Morgan fingerprint density at radius 1 is 1.12 bits per heavy atom. The Morgan fingerprint density at radius 3 is 2.50 bits per heavy atom. The summed E-state index contributed by atoms with van der Waals surface area (Å²) in [4.78, 5) is 0. The highest BCUT2D eigenvalue weighted by atomic mass is 32.2. The molecule has 5 heteroatoms. The molecule has 0 bridgehead atoms. The van der Waals surface area contributed by atoms with Crippen molar-refractivity contribution in [3.05, 3.63) is 0 Å². The Morgan fingerprint density at radius 2 is 1.88 bits per heavy atom. The van der Waals surface area contributed by atoms with Gasteiger partial charge in [0.1, 0.15) is 0 Å². The zero-order valence-corrected chi connectivity index (χ0v) is 10.4. The van der Waals surface area contributed by atoms with Crippen LogP contribution in [0.5, 0.6) is 0 Å². The van der Waals surface area contributed by atoms with Crippen molar-refractivity contribution in [2.24, 2.45) is 0 Å². The fraction of sp³-hybridized carbons (Fsp3) is 1.00. The van der Waals surface area contributed by atoms with Gasteiger partial charge in [-0.2, -0.15) is 0 Å². The second-order valence-electron chi connectivity index (χ2n) is 5.00. The highest BCUT2D eigenvalue weighted by molar-refractivity contribution is 7.92. The fourth-order valence-electron chi connectivity index (χ4n) is 2.72. The van der Waals surface area contributed by atoms with Crippen LogP contribution in [0.15, 0.2) is 0 Å². The van der Waals surface area contributed by atoms with Crippen LogP contribution in [0.3, 0.4) is 0 Å². The molecule has 0 radical (unpaired) electrons. The SMILES string of the molecule is O=S1(=O)CCCC1CN[C@H]1CCCC[C@@H]1O. The lowest BCUT2D eigenvalue weighted by atomic mass is 9.92. The van der Waals surface area contributed by atoms with E-state index in [2.05, 4.69) is 5.32 Å². The van der Waals surface area contributed by atoms with Gasteiger partial charge in [-0.1, -0.05) is 12.8 Å². The predicted octanol–water partition coefficient (Wildman–Crippen LogP) is 0.457. The molecule has 94 valence electrons. The maximum Gasteiger partial charge on any atom is 0.154 e. The molecule has 0 aromatic heterocycles. The molecule has 2 aliphatic rings. The predicted molar refractivity (Wildman–Crippen MR) is 63.1 cm³/mol. The second kappa shape index (κ2) is 5.02. The van der Waals surface area contributed by atoms with E-state index in [0.717, 1.165) is 38.5 Å². The molecular weight excluding hydrogens is 226 g/mol. The molecule has 0 amide bonds. The van der Waals surface area contributed by atoms with Crippen LogP contribution < -0.4 is 5.32 Å². The average Bonchev–Trinajstić information content (AvgIpc) is 2.57. The van der Waals surface area contributed by atoms with Crippen LogP contribution in [-0.4, -0.2) is 43.2 Å². The topological polar surface area (TPSA) is 66.4 Å². The highest BCUT2D eigenvalue weighted by Gasteiger charge is 2.32. The molecular formula is C11H21NO3S. The van der Waals surface area contributed by atoms with E-state index in [9.17, 15) is 13.5 Å². The van der Waals surface area contributed by atoms with Gasteiger partial charge in [-0.05, 0) is 25.7 Å². The largest absolute Gasteiger partial charge is 0.392 e. The molecule has 3 atom stereocenters. The summed E-state index contributed by atoms with van der Waals surface area (Å²) in [5.74, 6) is 0.340. The third kappa shape index (κ3) is 2.76. The molecule has 0 aromatic carbocycles. The van der Waals surface area contributed by atoms with Gasteiger partial charge in [0.25, 0.3) is 0 Å². The third-order valence-electron chi connectivity index (χ3n) is 3.80. The summed E-state index contributed by atoms with van der Waals surface area (Å²) in [7, 11) is -2.85. The van der Waals surface area contributed by atoms with Crippen LogP contribution >= 0.6 is 0 Å². The van der Waals surface area contributed by atoms with Crippen molar-refractivity contribution >= 4 is 9.84 Å². The van der Waals surface area contributed by atoms with Gasteiger partial charge in [-0.3, -0.25) is 0 Å². The molecule has 0 spiro atoms. The van der Waals surface area contributed by atoms with E-state index in [1.165, 1.54) is 0 Å².